The number of carbonyl (C=O) groups is 1. The number of carbonyl (C=O) groups excluding carboxylic acids is 1. The van der Waals surface area contributed by atoms with Gasteiger partial charge in [0.2, 0.25) is 5.88 Å². The summed E-state index contributed by atoms with van der Waals surface area (Å²) in [4.78, 5) is 15.4. The van der Waals surface area contributed by atoms with E-state index < -0.39 is 0 Å². The van der Waals surface area contributed by atoms with Gasteiger partial charge in [0, 0.05) is 6.20 Å². The molecule has 1 aromatic rings. The molecule has 0 fully saturated rings. The Morgan fingerprint density at radius 3 is 2.67 bits per heavy atom. The van der Waals surface area contributed by atoms with Crippen molar-refractivity contribution in [3.63, 3.8) is 0 Å². The smallest absolute Gasteiger partial charge is 0.339 e. The summed E-state index contributed by atoms with van der Waals surface area (Å²) in [7, 11) is 1.51. The second kappa shape index (κ2) is 5.11. The minimum absolute atomic E-state index is 0.140. The van der Waals surface area contributed by atoms with Crippen molar-refractivity contribution in [1.82, 2.24) is 4.98 Å². The average molecular weight is 274 g/mol. The summed E-state index contributed by atoms with van der Waals surface area (Å²) in [5.41, 5.74) is 0.399. The molecule has 15 heavy (non-hydrogen) atoms. The Labute approximate surface area is 96.7 Å². The maximum absolute atomic E-state index is 11.5. The predicted molar refractivity (Wildman–Crippen MR) is 59.0 cm³/mol. The molecule has 0 aromatic carbocycles. The molecule has 1 aromatic heterocycles. The van der Waals surface area contributed by atoms with Crippen molar-refractivity contribution in [2.45, 2.75) is 20.0 Å². The molecule has 1 heterocycles. The Morgan fingerprint density at radius 2 is 2.20 bits per heavy atom. The van der Waals surface area contributed by atoms with Gasteiger partial charge < -0.3 is 9.47 Å². The molecule has 0 N–H and O–H groups in total. The maximum atomic E-state index is 11.5. The van der Waals surface area contributed by atoms with Gasteiger partial charge in [0.1, 0.15) is 0 Å². The summed E-state index contributed by atoms with van der Waals surface area (Å²) < 4.78 is 10.6. The van der Waals surface area contributed by atoms with Gasteiger partial charge >= 0.3 is 5.97 Å². The maximum Gasteiger partial charge on any atom is 0.339 e. The van der Waals surface area contributed by atoms with E-state index in [0.717, 1.165) is 0 Å². The molecule has 0 atom stereocenters. The van der Waals surface area contributed by atoms with Crippen LogP contribution in [-0.4, -0.2) is 24.2 Å². The number of aromatic nitrogens is 1. The standard InChI is InChI=1S/C10H12BrNO3/c1-6(2)15-10(13)7-4-8(11)9(14-3)12-5-7/h4-6H,1-3H3. The molecule has 0 spiro atoms. The van der Waals surface area contributed by atoms with E-state index >= 15 is 0 Å². The quantitative estimate of drug-likeness (QED) is 0.794. The van der Waals surface area contributed by atoms with E-state index in [4.69, 9.17) is 9.47 Å². The van der Waals surface area contributed by atoms with Crippen molar-refractivity contribution >= 4 is 21.9 Å². The first-order valence-corrected chi connectivity index (χ1v) is 5.24. The number of ether oxygens (including phenoxy) is 2. The Bertz CT molecular complexity index is 366. The minimum atomic E-state index is -0.388. The van der Waals surface area contributed by atoms with Crippen LogP contribution < -0.4 is 4.74 Å². The molecule has 1 rings (SSSR count). The van der Waals surface area contributed by atoms with Crippen molar-refractivity contribution in [3.8, 4) is 5.88 Å². The fourth-order valence-electron chi connectivity index (χ4n) is 0.969. The lowest BCUT2D eigenvalue weighted by Crippen LogP contribution is -2.12. The molecule has 0 amide bonds. The van der Waals surface area contributed by atoms with Crippen LogP contribution in [0.25, 0.3) is 0 Å². The van der Waals surface area contributed by atoms with Crippen molar-refractivity contribution in [3.05, 3.63) is 22.3 Å². The fraction of sp³-hybridized carbons (Fsp3) is 0.400. The number of esters is 1. The number of pyridine rings is 1. The SMILES string of the molecule is COc1ncc(C(=O)OC(C)C)cc1Br. The highest BCUT2D eigenvalue weighted by molar-refractivity contribution is 9.10. The van der Waals surface area contributed by atoms with Gasteiger partial charge in [-0.3, -0.25) is 0 Å². The highest BCUT2D eigenvalue weighted by atomic mass is 79.9. The molecule has 0 saturated heterocycles. The largest absolute Gasteiger partial charge is 0.480 e. The summed E-state index contributed by atoms with van der Waals surface area (Å²) in [6.07, 6.45) is 1.28. The Hall–Kier alpha value is -1.10. The fourth-order valence-corrected chi connectivity index (χ4v) is 1.48. The van der Waals surface area contributed by atoms with Crippen LogP contribution >= 0.6 is 15.9 Å². The van der Waals surface area contributed by atoms with E-state index in [2.05, 4.69) is 20.9 Å². The van der Waals surface area contributed by atoms with Crippen molar-refractivity contribution in [2.75, 3.05) is 7.11 Å². The number of hydrogen-bond donors (Lipinski definition) is 0. The van der Waals surface area contributed by atoms with E-state index in [9.17, 15) is 4.79 Å². The van der Waals surface area contributed by atoms with Gasteiger partial charge in [0.25, 0.3) is 0 Å². The van der Waals surface area contributed by atoms with Gasteiger partial charge in [0.15, 0.2) is 0 Å². The van der Waals surface area contributed by atoms with Gasteiger partial charge in [-0.05, 0) is 35.8 Å². The highest BCUT2D eigenvalue weighted by Gasteiger charge is 2.12. The first kappa shape index (κ1) is 12.0. The number of nitrogens with zero attached hydrogens (tertiary/aromatic N) is 1. The molecule has 0 aliphatic heterocycles. The van der Waals surface area contributed by atoms with Crippen molar-refractivity contribution in [1.29, 1.82) is 0 Å². The molecule has 0 bridgehead atoms. The number of halogens is 1. The molecule has 82 valence electrons. The third-order valence-corrected chi connectivity index (χ3v) is 2.15. The third-order valence-electron chi connectivity index (χ3n) is 1.58. The predicted octanol–water partition coefficient (Wildman–Crippen LogP) is 2.42. The van der Waals surface area contributed by atoms with Crippen LogP contribution in [-0.2, 0) is 4.74 Å². The minimum Gasteiger partial charge on any atom is -0.480 e. The Kier molecular flexibility index (Phi) is 4.08. The van der Waals surface area contributed by atoms with Crippen LogP contribution in [0.4, 0.5) is 0 Å². The van der Waals surface area contributed by atoms with E-state index in [1.165, 1.54) is 13.3 Å². The normalized spacial score (nSPS) is 10.2. The lowest BCUT2D eigenvalue weighted by atomic mass is 10.3. The van der Waals surface area contributed by atoms with Gasteiger partial charge in [-0.1, -0.05) is 0 Å². The zero-order valence-electron chi connectivity index (χ0n) is 8.78. The molecule has 0 aliphatic carbocycles. The second-order valence-corrected chi connectivity index (χ2v) is 4.02. The first-order chi connectivity index (χ1) is 7.04. The molecular weight excluding hydrogens is 262 g/mol. The second-order valence-electron chi connectivity index (χ2n) is 3.17. The zero-order chi connectivity index (χ0) is 11.4. The number of hydrogen-bond acceptors (Lipinski definition) is 4. The molecule has 5 heteroatoms. The summed E-state index contributed by atoms with van der Waals surface area (Å²) >= 11 is 3.25. The highest BCUT2D eigenvalue weighted by Crippen LogP contribution is 2.22. The van der Waals surface area contributed by atoms with Gasteiger partial charge in [0.05, 0.1) is 23.2 Å². The third kappa shape index (κ3) is 3.20. The summed E-state index contributed by atoms with van der Waals surface area (Å²) in [5, 5.41) is 0. The van der Waals surface area contributed by atoms with E-state index in [1.54, 1.807) is 19.9 Å². The van der Waals surface area contributed by atoms with Crippen LogP contribution in [0.15, 0.2) is 16.7 Å². The Balaban J connectivity index is 2.87. The van der Waals surface area contributed by atoms with E-state index in [-0.39, 0.29) is 12.1 Å². The van der Waals surface area contributed by atoms with Crippen LogP contribution in [0.2, 0.25) is 0 Å². The zero-order valence-corrected chi connectivity index (χ0v) is 10.4. The van der Waals surface area contributed by atoms with E-state index in [0.29, 0.717) is 15.9 Å². The average Bonchev–Trinajstić information content (AvgIpc) is 2.16. The molecular formula is C10H12BrNO3. The van der Waals surface area contributed by atoms with Crippen LogP contribution in [0.1, 0.15) is 24.2 Å². The lowest BCUT2D eigenvalue weighted by molar-refractivity contribution is 0.0377. The summed E-state index contributed by atoms with van der Waals surface area (Å²) in [6, 6.07) is 1.62. The topological polar surface area (TPSA) is 48.4 Å². The van der Waals surface area contributed by atoms with Crippen molar-refractivity contribution in [2.24, 2.45) is 0 Å². The first-order valence-electron chi connectivity index (χ1n) is 4.45. The Morgan fingerprint density at radius 1 is 1.53 bits per heavy atom. The van der Waals surface area contributed by atoms with Gasteiger partial charge in [-0.15, -0.1) is 0 Å². The van der Waals surface area contributed by atoms with Crippen LogP contribution in [0, 0.1) is 0 Å². The van der Waals surface area contributed by atoms with E-state index in [1.807, 2.05) is 0 Å². The molecule has 0 saturated carbocycles. The molecule has 0 aliphatic rings. The summed E-state index contributed by atoms with van der Waals surface area (Å²) in [5.74, 6) is 0.0527. The molecule has 0 unspecified atom stereocenters. The van der Waals surface area contributed by atoms with Gasteiger partial charge in [-0.2, -0.15) is 0 Å². The van der Waals surface area contributed by atoms with Crippen LogP contribution in [0.5, 0.6) is 5.88 Å². The number of rotatable bonds is 3. The molecule has 4 nitrogen and oxygen atoms in total. The van der Waals surface area contributed by atoms with Gasteiger partial charge in [-0.25, -0.2) is 9.78 Å². The molecule has 0 radical (unpaired) electrons. The van der Waals surface area contributed by atoms with Crippen LogP contribution in [0.3, 0.4) is 0 Å². The summed E-state index contributed by atoms with van der Waals surface area (Å²) in [6.45, 7) is 3.59. The lowest BCUT2D eigenvalue weighted by Gasteiger charge is -2.08. The monoisotopic (exact) mass is 273 g/mol. The number of methoxy groups -OCH3 is 1. The van der Waals surface area contributed by atoms with Crippen molar-refractivity contribution < 1.29 is 14.3 Å².